The summed E-state index contributed by atoms with van der Waals surface area (Å²) >= 11 is 0. The van der Waals surface area contributed by atoms with Gasteiger partial charge in [-0.15, -0.1) is 0 Å². The number of esters is 3. The zero-order valence-electron chi connectivity index (χ0n) is 46.7. The molecule has 0 saturated carbocycles. The van der Waals surface area contributed by atoms with E-state index in [2.05, 4.69) is 34.6 Å². The van der Waals surface area contributed by atoms with Crippen LogP contribution >= 0.6 is 0 Å². The van der Waals surface area contributed by atoms with Gasteiger partial charge in [0.2, 0.25) is 0 Å². The smallest absolute Gasteiger partial charge is 0.306 e. The fraction of sp³-hybridized carbons (Fsp3) is 0.952. The number of carbonyl (C=O) groups is 3. The van der Waals surface area contributed by atoms with Crippen molar-refractivity contribution in [2.75, 3.05) is 13.2 Å². The summed E-state index contributed by atoms with van der Waals surface area (Å²) in [7, 11) is 0. The zero-order chi connectivity index (χ0) is 49.6. The molecule has 0 bridgehead atoms. The Bertz CT molecular complexity index is 1040. The maximum absolute atomic E-state index is 12.9. The second kappa shape index (κ2) is 54.7. The van der Waals surface area contributed by atoms with Gasteiger partial charge in [0.1, 0.15) is 13.2 Å². The molecular formula is C62H120O6. The topological polar surface area (TPSA) is 78.9 Å². The van der Waals surface area contributed by atoms with Crippen LogP contribution in [-0.4, -0.2) is 37.2 Å². The molecule has 0 amide bonds. The third-order valence-electron chi connectivity index (χ3n) is 14.9. The molecule has 0 aliphatic heterocycles. The number of hydrogen-bond donors (Lipinski definition) is 0. The Morgan fingerprint density at radius 3 is 0.765 bits per heavy atom. The van der Waals surface area contributed by atoms with Crippen molar-refractivity contribution in [1.82, 2.24) is 0 Å². The fourth-order valence-electron chi connectivity index (χ4n) is 9.52. The van der Waals surface area contributed by atoms with Gasteiger partial charge in [-0.1, -0.05) is 311 Å². The number of rotatable bonds is 56. The van der Waals surface area contributed by atoms with Crippen LogP contribution in [0.5, 0.6) is 0 Å². The number of carbonyl (C=O) groups excluding carboxylic acids is 3. The van der Waals surface area contributed by atoms with Crippen LogP contribution in [0, 0.1) is 11.8 Å². The van der Waals surface area contributed by atoms with Gasteiger partial charge >= 0.3 is 17.9 Å². The Labute approximate surface area is 425 Å². The molecule has 0 N–H and O–H groups in total. The van der Waals surface area contributed by atoms with E-state index in [1.807, 2.05) is 0 Å². The van der Waals surface area contributed by atoms with Crippen molar-refractivity contribution in [3.8, 4) is 0 Å². The Kier molecular flexibility index (Phi) is 53.5. The summed E-state index contributed by atoms with van der Waals surface area (Å²) in [5.41, 5.74) is 0. The lowest BCUT2D eigenvalue weighted by Crippen LogP contribution is -2.30. The lowest BCUT2D eigenvalue weighted by atomic mass is 9.99. The maximum atomic E-state index is 12.9. The van der Waals surface area contributed by atoms with E-state index < -0.39 is 6.10 Å². The van der Waals surface area contributed by atoms with Crippen LogP contribution in [0.25, 0.3) is 0 Å². The molecule has 6 heteroatoms. The van der Waals surface area contributed by atoms with Gasteiger partial charge in [-0.2, -0.15) is 0 Å². The van der Waals surface area contributed by atoms with Gasteiger partial charge in [-0.05, 0) is 31.1 Å². The number of hydrogen-bond acceptors (Lipinski definition) is 6. The molecule has 0 rings (SSSR count). The molecule has 0 aliphatic rings. The van der Waals surface area contributed by atoms with Gasteiger partial charge < -0.3 is 14.2 Å². The molecule has 0 radical (unpaired) electrons. The summed E-state index contributed by atoms with van der Waals surface area (Å²) < 4.78 is 16.9. The second-order valence-corrected chi connectivity index (χ2v) is 21.8. The van der Waals surface area contributed by atoms with E-state index in [-0.39, 0.29) is 31.1 Å². The van der Waals surface area contributed by atoms with E-state index >= 15 is 0 Å². The minimum atomic E-state index is -0.762. The first kappa shape index (κ1) is 66.4. The van der Waals surface area contributed by atoms with Gasteiger partial charge in [0.15, 0.2) is 6.10 Å². The van der Waals surface area contributed by atoms with Crippen molar-refractivity contribution in [1.29, 1.82) is 0 Å². The predicted molar refractivity (Wildman–Crippen MR) is 293 cm³/mol. The van der Waals surface area contributed by atoms with Crippen molar-refractivity contribution in [2.24, 2.45) is 11.8 Å². The Balaban J connectivity index is 4.20. The number of ether oxygens (including phenoxy) is 3. The summed E-state index contributed by atoms with van der Waals surface area (Å²) in [5, 5.41) is 0. The molecule has 2 unspecified atom stereocenters. The standard InChI is InChI=1S/C62H120O6/c1-6-9-10-11-12-13-32-37-42-47-52-60(63)66-55-59(68-62(65)54-49-44-39-34-29-25-21-20-23-27-31-36-41-46-51-58(5)8-3)56-67-61(64)53-48-43-38-33-28-24-19-17-15-14-16-18-22-26-30-35-40-45-50-57(4)7-2/h57-59H,6-56H2,1-5H3/t57?,58?,59-/m0/s1. The lowest BCUT2D eigenvalue weighted by Gasteiger charge is -2.18. The first-order valence-electron chi connectivity index (χ1n) is 30.8. The summed E-state index contributed by atoms with van der Waals surface area (Å²) in [6, 6.07) is 0. The molecule has 68 heavy (non-hydrogen) atoms. The first-order chi connectivity index (χ1) is 33.3. The van der Waals surface area contributed by atoms with Crippen molar-refractivity contribution in [3.05, 3.63) is 0 Å². The minimum Gasteiger partial charge on any atom is -0.462 e. The van der Waals surface area contributed by atoms with Crippen LogP contribution in [0.4, 0.5) is 0 Å². The summed E-state index contributed by atoms with van der Waals surface area (Å²) in [6.45, 7) is 11.5. The zero-order valence-corrected chi connectivity index (χ0v) is 46.7. The van der Waals surface area contributed by atoms with E-state index in [0.29, 0.717) is 19.3 Å². The molecule has 404 valence electrons. The summed E-state index contributed by atoms with van der Waals surface area (Å²) in [6.07, 6.45) is 59.5. The normalized spacial score (nSPS) is 12.8. The van der Waals surface area contributed by atoms with Crippen LogP contribution in [0.3, 0.4) is 0 Å². The first-order valence-corrected chi connectivity index (χ1v) is 30.8. The monoisotopic (exact) mass is 961 g/mol. The van der Waals surface area contributed by atoms with Gasteiger partial charge in [-0.25, -0.2) is 0 Å². The molecule has 0 aromatic carbocycles. The van der Waals surface area contributed by atoms with Crippen LogP contribution in [-0.2, 0) is 28.6 Å². The maximum Gasteiger partial charge on any atom is 0.306 e. The van der Waals surface area contributed by atoms with E-state index in [9.17, 15) is 14.4 Å². The van der Waals surface area contributed by atoms with Crippen LogP contribution < -0.4 is 0 Å². The molecule has 3 atom stereocenters. The Morgan fingerprint density at radius 1 is 0.294 bits per heavy atom. The molecular weight excluding hydrogens is 841 g/mol. The van der Waals surface area contributed by atoms with Crippen molar-refractivity contribution in [2.45, 2.75) is 355 Å². The molecule has 0 fully saturated rings. The quantitative estimate of drug-likeness (QED) is 0.0343. The molecule has 0 heterocycles. The fourth-order valence-corrected chi connectivity index (χ4v) is 9.52. The molecule has 0 aromatic heterocycles. The SMILES string of the molecule is CCCCCCCCCCCCC(=O)OC[C@@H](COC(=O)CCCCCCCCCCCCCCCCCCCCC(C)CC)OC(=O)CCCCCCCCCCCCCCCCC(C)CC. The van der Waals surface area contributed by atoms with Crippen LogP contribution in [0.15, 0.2) is 0 Å². The van der Waals surface area contributed by atoms with Crippen LogP contribution in [0.2, 0.25) is 0 Å². The Morgan fingerprint density at radius 2 is 0.515 bits per heavy atom. The average Bonchev–Trinajstić information content (AvgIpc) is 3.34. The summed E-state index contributed by atoms with van der Waals surface area (Å²) in [4.78, 5) is 38.1. The molecule has 0 aromatic rings. The third kappa shape index (κ3) is 52.2. The average molecular weight is 962 g/mol. The van der Waals surface area contributed by atoms with Gasteiger partial charge in [0.25, 0.3) is 0 Å². The van der Waals surface area contributed by atoms with E-state index in [0.717, 1.165) is 69.6 Å². The Hall–Kier alpha value is -1.59. The van der Waals surface area contributed by atoms with Gasteiger partial charge in [0.05, 0.1) is 0 Å². The highest BCUT2D eigenvalue weighted by molar-refractivity contribution is 5.71. The van der Waals surface area contributed by atoms with Gasteiger partial charge in [-0.3, -0.25) is 14.4 Å². The number of unbranched alkanes of at least 4 members (excludes halogenated alkanes) is 39. The third-order valence-corrected chi connectivity index (χ3v) is 14.9. The molecule has 0 spiro atoms. The van der Waals surface area contributed by atoms with Gasteiger partial charge in [0, 0.05) is 19.3 Å². The highest BCUT2D eigenvalue weighted by Gasteiger charge is 2.19. The molecule has 6 nitrogen and oxygen atoms in total. The highest BCUT2D eigenvalue weighted by Crippen LogP contribution is 2.19. The van der Waals surface area contributed by atoms with Crippen molar-refractivity contribution >= 4 is 17.9 Å². The molecule has 0 saturated heterocycles. The highest BCUT2D eigenvalue weighted by atomic mass is 16.6. The van der Waals surface area contributed by atoms with Crippen LogP contribution in [0.1, 0.15) is 349 Å². The van der Waals surface area contributed by atoms with E-state index in [1.54, 1.807) is 0 Å². The lowest BCUT2D eigenvalue weighted by molar-refractivity contribution is -0.167. The van der Waals surface area contributed by atoms with E-state index in [1.165, 1.54) is 238 Å². The largest absolute Gasteiger partial charge is 0.462 e. The second-order valence-electron chi connectivity index (χ2n) is 21.8. The van der Waals surface area contributed by atoms with Crippen molar-refractivity contribution in [3.63, 3.8) is 0 Å². The predicted octanol–water partition coefficient (Wildman–Crippen LogP) is 20.4. The van der Waals surface area contributed by atoms with Crippen molar-refractivity contribution < 1.29 is 28.6 Å². The van der Waals surface area contributed by atoms with E-state index in [4.69, 9.17) is 14.2 Å². The molecule has 0 aliphatic carbocycles. The minimum absolute atomic E-state index is 0.0623. The summed E-state index contributed by atoms with van der Waals surface area (Å²) in [5.74, 6) is 0.967.